The van der Waals surface area contributed by atoms with Crippen molar-refractivity contribution in [2.75, 3.05) is 6.61 Å². The van der Waals surface area contributed by atoms with Gasteiger partial charge in [-0.1, -0.05) is 19.9 Å². The van der Waals surface area contributed by atoms with Crippen molar-refractivity contribution in [3.63, 3.8) is 0 Å². The van der Waals surface area contributed by atoms with Crippen LogP contribution in [0.5, 0.6) is 0 Å². The van der Waals surface area contributed by atoms with E-state index in [9.17, 15) is 15.3 Å². The maximum Gasteiger partial charge on any atom is 0.186 e. The number of hydrogen-bond donors (Lipinski definition) is 3. The summed E-state index contributed by atoms with van der Waals surface area (Å²) in [5, 5.41) is 29.9. The minimum absolute atomic E-state index is 0.00632. The second kappa shape index (κ2) is 8.09. The van der Waals surface area contributed by atoms with E-state index in [4.69, 9.17) is 9.47 Å². The van der Waals surface area contributed by atoms with E-state index in [0.29, 0.717) is 22.7 Å². The molecule has 5 nitrogen and oxygen atoms in total. The molecule has 5 fully saturated rings. The molecule has 0 aromatic heterocycles. The Morgan fingerprint density at radius 1 is 0.903 bits per heavy atom. The van der Waals surface area contributed by atoms with E-state index in [1.807, 2.05) is 0 Å². The lowest BCUT2D eigenvalue weighted by Crippen LogP contribution is -2.56. The summed E-state index contributed by atoms with van der Waals surface area (Å²) < 4.78 is 11.7. The van der Waals surface area contributed by atoms with Crippen molar-refractivity contribution in [1.29, 1.82) is 0 Å². The van der Waals surface area contributed by atoms with E-state index in [2.05, 4.69) is 26.5 Å². The van der Waals surface area contributed by atoms with Gasteiger partial charge in [-0.3, -0.25) is 0 Å². The van der Waals surface area contributed by atoms with Crippen molar-refractivity contribution in [1.82, 2.24) is 0 Å². The molecule has 1 saturated heterocycles. The molecule has 0 aromatic rings. The SMILES string of the molecule is C=C[C@H]1CC[C@H]2[C@@H]3CC[C@H]4C[C@@H](O[C@@H]5OC[C@@H](O)C(O)C5O)CC[C@]4(C)[C@H]3CC[C@]12C. The lowest BCUT2D eigenvalue weighted by Gasteiger charge is -2.61. The van der Waals surface area contributed by atoms with E-state index in [0.717, 1.165) is 30.6 Å². The van der Waals surface area contributed by atoms with Gasteiger partial charge >= 0.3 is 0 Å². The smallest absolute Gasteiger partial charge is 0.186 e. The van der Waals surface area contributed by atoms with Gasteiger partial charge in [-0.2, -0.15) is 0 Å². The predicted molar refractivity (Wildman–Crippen MR) is 118 cm³/mol. The summed E-state index contributed by atoms with van der Waals surface area (Å²) in [5.41, 5.74) is 0.852. The summed E-state index contributed by atoms with van der Waals surface area (Å²) in [4.78, 5) is 0. The topological polar surface area (TPSA) is 79.2 Å². The number of allylic oxidation sites excluding steroid dienone is 1. The zero-order valence-corrected chi connectivity index (χ0v) is 19.3. The van der Waals surface area contributed by atoms with E-state index >= 15 is 0 Å². The first kappa shape index (κ1) is 22.3. The number of hydrogen-bond acceptors (Lipinski definition) is 5. The van der Waals surface area contributed by atoms with Crippen LogP contribution in [0.2, 0.25) is 0 Å². The highest BCUT2D eigenvalue weighted by Gasteiger charge is 2.59. The Labute approximate surface area is 187 Å². The molecule has 0 radical (unpaired) electrons. The van der Waals surface area contributed by atoms with Crippen LogP contribution in [0, 0.1) is 40.4 Å². The molecule has 0 aromatic carbocycles. The summed E-state index contributed by atoms with van der Waals surface area (Å²) in [7, 11) is 0. The van der Waals surface area contributed by atoms with Gasteiger partial charge in [0.1, 0.15) is 18.3 Å². The summed E-state index contributed by atoms with van der Waals surface area (Å²) >= 11 is 0. The number of rotatable bonds is 3. The van der Waals surface area contributed by atoms with E-state index in [-0.39, 0.29) is 12.7 Å². The van der Waals surface area contributed by atoms with Gasteiger partial charge in [0, 0.05) is 0 Å². The second-order valence-corrected chi connectivity index (χ2v) is 11.9. The van der Waals surface area contributed by atoms with Crippen molar-refractivity contribution in [3.8, 4) is 0 Å². The first-order valence-corrected chi connectivity index (χ1v) is 12.7. The Hall–Kier alpha value is -0.460. The molecule has 12 atom stereocenters. The quantitative estimate of drug-likeness (QED) is 0.467. The van der Waals surface area contributed by atoms with E-state index in [1.54, 1.807) is 0 Å². The third kappa shape index (κ3) is 3.45. The lowest BCUT2D eigenvalue weighted by atomic mass is 9.44. The summed E-state index contributed by atoms with van der Waals surface area (Å²) in [6.45, 7) is 9.27. The highest BCUT2D eigenvalue weighted by atomic mass is 16.7. The zero-order chi connectivity index (χ0) is 22.0. The van der Waals surface area contributed by atoms with Crippen molar-refractivity contribution in [2.45, 2.75) is 102 Å². The van der Waals surface area contributed by atoms with Gasteiger partial charge in [-0.05, 0) is 98.2 Å². The molecule has 0 spiro atoms. The fourth-order valence-corrected chi connectivity index (χ4v) is 8.86. The standard InChI is InChI=1S/C26H42O5/c1-4-15-6-8-19-18-7-5-16-13-17(31-24-23(29)22(28)21(27)14-30-24)9-11-26(16,3)20(18)10-12-25(15,19)2/h4,15-24,27-29H,1,5-14H2,2-3H3/t15-,16-,17-,18-,19-,20-,21+,22?,23?,24-,25+,26-/m0/s1. The highest BCUT2D eigenvalue weighted by Crippen LogP contribution is 2.67. The zero-order valence-electron chi connectivity index (χ0n) is 19.3. The first-order chi connectivity index (χ1) is 14.8. The predicted octanol–water partition coefficient (Wildman–Crippen LogP) is 3.66. The van der Waals surface area contributed by atoms with Crippen LogP contribution in [0.15, 0.2) is 12.7 Å². The Kier molecular flexibility index (Phi) is 5.83. The second-order valence-electron chi connectivity index (χ2n) is 11.9. The maximum atomic E-state index is 10.3. The molecule has 1 heterocycles. The van der Waals surface area contributed by atoms with Gasteiger partial charge in [0.25, 0.3) is 0 Å². The molecule has 1 aliphatic heterocycles. The van der Waals surface area contributed by atoms with Gasteiger partial charge in [0.15, 0.2) is 6.29 Å². The Bertz CT molecular complexity index is 683. The minimum Gasteiger partial charge on any atom is -0.388 e. The third-order valence-corrected chi connectivity index (χ3v) is 10.8. The van der Waals surface area contributed by atoms with Gasteiger partial charge in [-0.15, -0.1) is 6.58 Å². The van der Waals surface area contributed by atoms with Gasteiger partial charge in [-0.25, -0.2) is 0 Å². The molecular weight excluding hydrogens is 392 g/mol. The molecule has 4 saturated carbocycles. The summed E-state index contributed by atoms with van der Waals surface area (Å²) in [6.07, 6.45) is 9.22. The summed E-state index contributed by atoms with van der Waals surface area (Å²) in [6, 6.07) is 0. The average Bonchev–Trinajstić information content (AvgIpc) is 3.10. The fourth-order valence-electron chi connectivity index (χ4n) is 8.86. The molecule has 176 valence electrons. The summed E-state index contributed by atoms with van der Waals surface area (Å²) in [5.74, 6) is 3.90. The van der Waals surface area contributed by atoms with Crippen LogP contribution < -0.4 is 0 Å². The fraction of sp³-hybridized carbons (Fsp3) is 0.923. The molecule has 0 bridgehead atoms. The van der Waals surface area contributed by atoms with Crippen molar-refractivity contribution in [3.05, 3.63) is 12.7 Å². The van der Waals surface area contributed by atoms with Crippen molar-refractivity contribution in [2.24, 2.45) is 40.4 Å². The van der Waals surface area contributed by atoms with Crippen LogP contribution in [0.4, 0.5) is 0 Å². The van der Waals surface area contributed by atoms with Gasteiger partial charge in [0.05, 0.1) is 12.7 Å². The van der Waals surface area contributed by atoms with Crippen LogP contribution >= 0.6 is 0 Å². The normalized spacial score (nSPS) is 56.9. The average molecular weight is 435 g/mol. The third-order valence-electron chi connectivity index (χ3n) is 10.8. The number of aliphatic hydroxyl groups is 3. The molecule has 5 aliphatic rings. The van der Waals surface area contributed by atoms with E-state index in [1.165, 1.54) is 44.9 Å². The molecule has 3 N–H and O–H groups in total. The monoisotopic (exact) mass is 434 g/mol. The molecule has 4 aliphatic carbocycles. The highest BCUT2D eigenvalue weighted by molar-refractivity contribution is 5.11. The largest absolute Gasteiger partial charge is 0.388 e. The molecule has 5 rings (SSSR count). The van der Waals surface area contributed by atoms with Gasteiger partial charge in [0.2, 0.25) is 0 Å². The number of fused-ring (bicyclic) bond motifs is 5. The van der Waals surface area contributed by atoms with Gasteiger partial charge < -0.3 is 24.8 Å². The number of ether oxygens (including phenoxy) is 2. The van der Waals surface area contributed by atoms with Crippen molar-refractivity contribution >= 4 is 0 Å². The van der Waals surface area contributed by atoms with Crippen LogP contribution in [0.3, 0.4) is 0 Å². The molecule has 31 heavy (non-hydrogen) atoms. The van der Waals surface area contributed by atoms with Crippen LogP contribution in [-0.2, 0) is 9.47 Å². The van der Waals surface area contributed by atoms with Crippen LogP contribution in [0.1, 0.15) is 71.6 Å². The molecular formula is C26H42O5. The Morgan fingerprint density at radius 3 is 2.42 bits per heavy atom. The lowest BCUT2D eigenvalue weighted by molar-refractivity contribution is -0.289. The first-order valence-electron chi connectivity index (χ1n) is 12.7. The number of aliphatic hydroxyl groups excluding tert-OH is 3. The molecule has 0 amide bonds. The van der Waals surface area contributed by atoms with E-state index < -0.39 is 24.6 Å². The molecule has 5 heteroatoms. The molecule has 2 unspecified atom stereocenters. The van der Waals surface area contributed by atoms with Crippen molar-refractivity contribution < 1.29 is 24.8 Å². The van der Waals surface area contributed by atoms with Crippen LogP contribution in [-0.4, -0.2) is 52.6 Å². The minimum atomic E-state index is -1.20. The van der Waals surface area contributed by atoms with Crippen LogP contribution in [0.25, 0.3) is 0 Å². The Morgan fingerprint density at radius 2 is 1.65 bits per heavy atom. The maximum absolute atomic E-state index is 10.3. The Balaban J connectivity index is 1.26.